The third kappa shape index (κ3) is 4.46. The standard InChI is InChI=1S/C20H15F4N3O/c21-14-4-2-1-3-12(14)9-10-25-13-5-7-17(26-11-13)20(28)27-16-8-6-15(22)18(23)19(16)24/h1-8,11,25H,9-10H2,(H,27,28). The molecule has 1 amide bonds. The van der Waals surface area contributed by atoms with Gasteiger partial charge in [0.15, 0.2) is 17.5 Å². The lowest BCUT2D eigenvalue weighted by atomic mass is 10.1. The van der Waals surface area contributed by atoms with E-state index < -0.39 is 29.0 Å². The predicted octanol–water partition coefficient (Wildman–Crippen LogP) is 4.54. The summed E-state index contributed by atoms with van der Waals surface area (Å²) >= 11 is 0. The second-order valence-corrected chi connectivity index (χ2v) is 5.88. The van der Waals surface area contributed by atoms with Crippen molar-refractivity contribution in [3.05, 3.63) is 89.3 Å². The van der Waals surface area contributed by atoms with E-state index >= 15 is 0 Å². The summed E-state index contributed by atoms with van der Waals surface area (Å²) in [6.45, 7) is 0.453. The predicted molar refractivity (Wildman–Crippen MR) is 97.1 cm³/mol. The lowest BCUT2D eigenvalue weighted by Crippen LogP contribution is -2.15. The molecule has 2 N–H and O–H groups in total. The smallest absolute Gasteiger partial charge is 0.274 e. The number of halogens is 4. The topological polar surface area (TPSA) is 54.0 Å². The van der Waals surface area contributed by atoms with E-state index in [9.17, 15) is 22.4 Å². The average molecular weight is 389 g/mol. The maximum absolute atomic E-state index is 13.6. The number of hydrogen-bond acceptors (Lipinski definition) is 3. The number of carbonyl (C=O) groups is 1. The zero-order valence-electron chi connectivity index (χ0n) is 14.5. The Balaban J connectivity index is 1.58. The van der Waals surface area contributed by atoms with Crippen molar-refractivity contribution in [3.8, 4) is 0 Å². The van der Waals surface area contributed by atoms with Gasteiger partial charge in [-0.3, -0.25) is 4.79 Å². The summed E-state index contributed by atoms with van der Waals surface area (Å²) in [5, 5.41) is 5.19. The maximum Gasteiger partial charge on any atom is 0.274 e. The van der Waals surface area contributed by atoms with Crippen LogP contribution in [0.15, 0.2) is 54.7 Å². The van der Waals surface area contributed by atoms with Crippen molar-refractivity contribution < 1.29 is 22.4 Å². The summed E-state index contributed by atoms with van der Waals surface area (Å²) in [5.74, 6) is -5.55. The maximum atomic E-state index is 13.6. The Morgan fingerprint density at radius 1 is 0.893 bits per heavy atom. The molecule has 0 aliphatic heterocycles. The van der Waals surface area contributed by atoms with Gasteiger partial charge >= 0.3 is 0 Å². The van der Waals surface area contributed by atoms with Crippen LogP contribution in [0.5, 0.6) is 0 Å². The van der Waals surface area contributed by atoms with Crippen LogP contribution >= 0.6 is 0 Å². The minimum absolute atomic E-state index is 0.0382. The van der Waals surface area contributed by atoms with Crippen molar-refractivity contribution in [3.63, 3.8) is 0 Å². The van der Waals surface area contributed by atoms with Crippen molar-refractivity contribution in [1.82, 2.24) is 4.98 Å². The number of nitrogens with zero attached hydrogens (tertiary/aromatic N) is 1. The summed E-state index contributed by atoms with van der Waals surface area (Å²) in [7, 11) is 0. The average Bonchev–Trinajstić information content (AvgIpc) is 2.70. The molecular weight excluding hydrogens is 374 g/mol. The first-order chi connectivity index (χ1) is 13.5. The lowest BCUT2D eigenvalue weighted by Gasteiger charge is -2.09. The van der Waals surface area contributed by atoms with Gasteiger partial charge in [-0.2, -0.15) is 0 Å². The zero-order valence-corrected chi connectivity index (χ0v) is 14.5. The van der Waals surface area contributed by atoms with E-state index in [1.165, 1.54) is 18.3 Å². The van der Waals surface area contributed by atoms with E-state index in [4.69, 9.17) is 0 Å². The van der Waals surface area contributed by atoms with Gasteiger partial charge in [0, 0.05) is 6.54 Å². The molecule has 0 radical (unpaired) electrons. The Morgan fingerprint density at radius 3 is 2.39 bits per heavy atom. The highest BCUT2D eigenvalue weighted by atomic mass is 19.2. The molecule has 0 saturated heterocycles. The summed E-state index contributed by atoms with van der Waals surface area (Å²) in [5.41, 5.74) is 0.654. The van der Waals surface area contributed by atoms with Gasteiger partial charge in [0.05, 0.1) is 17.6 Å². The fraction of sp³-hybridized carbons (Fsp3) is 0.100. The van der Waals surface area contributed by atoms with Crippen molar-refractivity contribution in [2.24, 2.45) is 0 Å². The quantitative estimate of drug-likeness (QED) is 0.481. The third-order valence-electron chi connectivity index (χ3n) is 3.96. The molecule has 0 spiro atoms. The summed E-state index contributed by atoms with van der Waals surface area (Å²) in [4.78, 5) is 16.0. The summed E-state index contributed by atoms with van der Waals surface area (Å²) in [6, 6.07) is 11.0. The first-order valence-electron chi connectivity index (χ1n) is 8.34. The van der Waals surface area contributed by atoms with Crippen LogP contribution in [0.4, 0.5) is 28.9 Å². The van der Waals surface area contributed by atoms with Gasteiger partial charge in [-0.25, -0.2) is 22.5 Å². The second kappa shape index (κ2) is 8.51. The zero-order chi connectivity index (χ0) is 20.1. The fourth-order valence-electron chi connectivity index (χ4n) is 2.48. The SMILES string of the molecule is O=C(Nc1ccc(F)c(F)c1F)c1ccc(NCCc2ccccc2F)cn1. The highest BCUT2D eigenvalue weighted by Gasteiger charge is 2.16. The monoisotopic (exact) mass is 389 g/mol. The number of pyridine rings is 1. The normalized spacial score (nSPS) is 10.6. The fourth-order valence-corrected chi connectivity index (χ4v) is 2.48. The molecule has 0 bridgehead atoms. The van der Waals surface area contributed by atoms with Crippen LogP contribution in [0.3, 0.4) is 0 Å². The first-order valence-corrected chi connectivity index (χ1v) is 8.34. The Labute approximate surface area is 158 Å². The molecule has 8 heteroatoms. The van der Waals surface area contributed by atoms with E-state index in [-0.39, 0.29) is 11.5 Å². The summed E-state index contributed by atoms with van der Waals surface area (Å²) in [6.07, 6.45) is 1.85. The Morgan fingerprint density at radius 2 is 1.68 bits per heavy atom. The van der Waals surface area contributed by atoms with Crippen LogP contribution < -0.4 is 10.6 Å². The van der Waals surface area contributed by atoms with Crippen molar-refractivity contribution in [1.29, 1.82) is 0 Å². The number of rotatable bonds is 6. The Kier molecular flexibility index (Phi) is 5.88. The molecule has 4 nitrogen and oxygen atoms in total. The van der Waals surface area contributed by atoms with E-state index in [1.807, 2.05) is 0 Å². The largest absolute Gasteiger partial charge is 0.383 e. The van der Waals surface area contributed by atoms with Crippen LogP contribution in [0.2, 0.25) is 0 Å². The molecule has 0 saturated carbocycles. The molecule has 144 valence electrons. The van der Waals surface area contributed by atoms with Crippen molar-refractivity contribution >= 4 is 17.3 Å². The number of hydrogen-bond donors (Lipinski definition) is 2. The molecular formula is C20H15F4N3O. The van der Waals surface area contributed by atoms with E-state index in [0.29, 0.717) is 30.3 Å². The number of carbonyl (C=O) groups excluding carboxylic acids is 1. The lowest BCUT2D eigenvalue weighted by molar-refractivity contribution is 0.102. The van der Waals surface area contributed by atoms with E-state index in [1.54, 1.807) is 24.3 Å². The minimum Gasteiger partial charge on any atom is -0.383 e. The van der Waals surface area contributed by atoms with Gasteiger partial charge in [0.25, 0.3) is 5.91 Å². The third-order valence-corrected chi connectivity index (χ3v) is 3.96. The highest BCUT2D eigenvalue weighted by molar-refractivity contribution is 6.03. The molecule has 0 atom stereocenters. The first kappa shape index (κ1) is 19.3. The van der Waals surface area contributed by atoms with Crippen LogP contribution in [0.1, 0.15) is 16.1 Å². The number of amides is 1. The molecule has 1 heterocycles. The molecule has 3 aromatic rings. The molecule has 28 heavy (non-hydrogen) atoms. The number of aromatic nitrogens is 1. The van der Waals surface area contributed by atoms with Gasteiger partial charge < -0.3 is 10.6 Å². The molecule has 2 aromatic carbocycles. The summed E-state index contributed by atoms with van der Waals surface area (Å²) < 4.78 is 53.3. The molecule has 0 unspecified atom stereocenters. The van der Waals surface area contributed by atoms with E-state index in [2.05, 4.69) is 15.6 Å². The van der Waals surface area contributed by atoms with Gasteiger partial charge in [-0.1, -0.05) is 18.2 Å². The molecule has 1 aromatic heterocycles. The molecule has 0 fully saturated rings. The number of benzene rings is 2. The number of anilines is 2. The van der Waals surface area contributed by atoms with Crippen LogP contribution in [0.25, 0.3) is 0 Å². The van der Waals surface area contributed by atoms with E-state index in [0.717, 1.165) is 6.07 Å². The Hall–Kier alpha value is -3.42. The molecule has 0 aliphatic rings. The van der Waals surface area contributed by atoms with Crippen molar-refractivity contribution in [2.75, 3.05) is 17.2 Å². The minimum atomic E-state index is -1.67. The number of nitrogens with one attached hydrogen (secondary N) is 2. The molecule has 0 aliphatic carbocycles. The van der Waals surface area contributed by atoms with Crippen LogP contribution in [-0.4, -0.2) is 17.4 Å². The van der Waals surface area contributed by atoms with Gasteiger partial charge in [0.1, 0.15) is 11.5 Å². The van der Waals surface area contributed by atoms with Crippen LogP contribution in [-0.2, 0) is 6.42 Å². The van der Waals surface area contributed by atoms with Gasteiger partial charge in [-0.05, 0) is 42.3 Å². The van der Waals surface area contributed by atoms with Gasteiger partial charge in [0.2, 0.25) is 0 Å². The molecule has 3 rings (SSSR count). The Bertz CT molecular complexity index is 993. The van der Waals surface area contributed by atoms with Crippen LogP contribution in [0, 0.1) is 23.3 Å². The second-order valence-electron chi connectivity index (χ2n) is 5.88. The van der Waals surface area contributed by atoms with Gasteiger partial charge in [-0.15, -0.1) is 0 Å². The highest BCUT2D eigenvalue weighted by Crippen LogP contribution is 2.20. The van der Waals surface area contributed by atoms with Crippen molar-refractivity contribution in [2.45, 2.75) is 6.42 Å².